The molecule has 1 saturated heterocycles. The van der Waals surface area contributed by atoms with E-state index < -0.39 is 36.0 Å². The van der Waals surface area contributed by atoms with E-state index in [2.05, 4.69) is 10.3 Å². The Bertz CT molecular complexity index is 1370. The smallest absolute Gasteiger partial charge is 0.321 e. The zero-order chi connectivity index (χ0) is 26.7. The Kier molecular flexibility index (Phi) is 7.35. The number of H-pyrrole nitrogens is 1. The number of carbonyl (C=O) groups excluding carboxylic acids is 4. The van der Waals surface area contributed by atoms with Crippen molar-refractivity contribution >= 4 is 46.1 Å². The number of carboxylic acid groups (broad SMARTS) is 1. The van der Waals surface area contributed by atoms with Crippen molar-refractivity contribution in [3.8, 4) is 0 Å². The number of carboxylic acids is 1. The number of fused-ring (bicyclic) bond motifs is 1. The van der Waals surface area contributed by atoms with Gasteiger partial charge in [0.2, 0.25) is 5.91 Å². The lowest BCUT2D eigenvalue weighted by molar-refractivity contribution is -0.140. The average Bonchev–Trinajstić information content (AvgIpc) is 3.33. The molecule has 192 valence electrons. The van der Waals surface area contributed by atoms with Crippen LogP contribution in [0.5, 0.6) is 0 Å². The van der Waals surface area contributed by atoms with Gasteiger partial charge in [-0.25, -0.2) is 0 Å². The van der Waals surface area contributed by atoms with E-state index >= 15 is 0 Å². The maximum absolute atomic E-state index is 13.2. The number of piperazine rings is 1. The monoisotopic (exact) mass is 505 g/mol. The van der Waals surface area contributed by atoms with E-state index in [-0.39, 0.29) is 24.1 Å². The Morgan fingerprint density at radius 3 is 2.49 bits per heavy atom. The number of hydrogen-bond donors (Lipinski definition) is 4. The van der Waals surface area contributed by atoms with Crippen molar-refractivity contribution in [1.82, 2.24) is 14.8 Å². The molecule has 5 N–H and O–H groups in total. The van der Waals surface area contributed by atoms with Crippen molar-refractivity contribution < 1.29 is 29.1 Å². The van der Waals surface area contributed by atoms with E-state index in [1.54, 1.807) is 54.3 Å². The number of ketones is 1. The lowest BCUT2D eigenvalue weighted by Gasteiger charge is -2.39. The first kappa shape index (κ1) is 25.6. The molecule has 2 heterocycles. The largest absolute Gasteiger partial charge is 0.480 e. The fraction of sp³-hybridized carbons (Fsp3) is 0.269. The molecule has 2 aromatic carbocycles. The van der Waals surface area contributed by atoms with E-state index in [1.807, 2.05) is 6.07 Å². The molecule has 2 atom stereocenters. The third-order valence-electron chi connectivity index (χ3n) is 6.35. The van der Waals surface area contributed by atoms with Crippen LogP contribution in [-0.4, -0.2) is 81.1 Å². The van der Waals surface area contributed by atoms with Gasteiger partial charge in [0.1, 0.15) is 6.04 Å². The Labute approximate surface area is 212 Å². The first-order valence-electron chi connectivity index (χ1n) is 11.7. The normalized spacial score (nSPS) is 16.3. The van der Waals surface area contributed by atoms with Gasteiger partial charge in [-0.05, 0) is 25.1 Å². The van der Waals surface area contributed by atoms with Crippen LogP contribution in [0.1, 0.15) is 34.1 Å². The molecule has 1 aliphatic heterocycles. The number of nitrogens with one attached hydrogen (secondary N) is 2. The highest BCUT2D eigenvalue weighted by molar-refractivity contribution is 6.45. The summed E-state index contributed by atoms with van der Waals surface area (Å²) in [5, 5.41) is 11.9. The van der Waals surface area contributed by atoms with Crippen molar-refractivity contribution in [2.24, 2.45) is 5.73 Å². The van der Waals surface area contributed by atoms with Crippen LogP contribution in [0.25, 0.3) is 10.9 Å². The Morgan fingerprint density at radius 2 is 1.81 bits per heavy atom. The zero-order valence-electron chi connectivity index (χ0n) is 20.1. The van der Waals surface area contributed by atoms with Gasteiger partial charge in [0.25, 0.3) is 17.6 Å². The number of hydrogen-bond acceptors (Lipinski definition) is 6. The van der Waals surface area contributed by atoms with Crippen molar-refractivity contribution in [3.05, 3.63) is 65.9 Å². The number of nitrogens with two attached hydrogens (primary N) is 1. The van der Waals surface area contributed by atoms with Crippen LogP contribution in [0.3, 0.4) is 0 Å². The van der Waals surface area contributed by atoms with E-state index in [9.17, 15) is 24.0 Å². The maximum atomic E-state index is 13.2. The van der Waals surface area contributed by atoms with E-state index in [0.717, 1.165) is 0 Å². The van der Waals surface area contributed by atoms with Gasteiger partial charge in [0, 0.05) is 42.8 Å². The minimum absolute atomic E-state index is 0.124. The quantitative estimate of drug-likeness (QED) is 0.279. The fourth-order valence-electron chi connectivity index (χ4n) is 4.39. The molecule has 11 heteroatoms. The molecule has 0 bridgehead atoms. The molecule has 3 amide bonds. The van der Waals surface area contributed by atoms with Crippen molar-refractivity contribution in [2.45, 2.75) is 25.4 Å². The number of amides is 3. The van der Waals surface area contributed by atoms with Gasteiger partial charge in [-0.1, -0.05) is 30.3 Å². The summed E-state index contributed by atoms with van der Waals surface area (Å²) < 4.78 is 0. The molecule has 3 aromatic rings. The molecule has 1 aliphatic rings. The van der Waals surface area contributed by atoms with Gasteiger partial charge < -0.3 is 30.9 Å². The number of nitrogens with zero attached hydrogens (tertiary/aromatic N) is 2. The number of aromatic amines is 1. The molecule has 0 spiro atoms. The third kappa shape index (κ3) is 5.36. The Hall–Kier alpha value is -4.51. The van der Waals surface area contributed by atoms with Gasteiger partial charge in [0.15, 0.2) is 0 Å². The SMILES string of the molecule is C[C@@H]1CN(C(=O)c2ccccc2)CCN1C(=O)C(=O)c1c[nH]c2c(NC(=O)CC(N)C(=O)O)cccc12. The highest BCUT2D eigenvalue weighted by atomic mass is 16.4. The van der Waals surface area contributed by atoms with Crippen LogP contribution >= 0.6 is 0 Å². The third-order valence-corrected chi connectivity index (χ3v) is 6.35. The predicted octanol–water partition coefficient (Wildman–Crippen LogP) is 1.46. The minimum Gasteiger partial charge on any atom is -0.480 e. The molecule has 4 rings (SSSR count). The highest BCUT2D eigenvalue weighted by Crippen LogP contribution is 2.27. The van der Waals surface area contributed by atoms with Crippen LogP contribution < -0.4 is 11.1 Å². The average molecular weight is 506 g/mol. The summed E-state index contributed by atoms with van der Waals surface area (Å²) in [6, 6.07) is 12.0. The summed E-state index contributed by atoms with van der Waals surface area (Å²) in [6.07, 6.45) is 0.983. The van der Waals surface area contributed by atoms with Gasteiger partial charge in [0.05, 0.1) is 23.2 Å². The second-order valence-corrected chi connectivity index (χ2v) is 8.92. The summed E-state index contributed by atoms with van der Waals surface area (Å²) in [4.78, 5) is 68.3. The molecule has 1 unspecified atom stereocenters. The number of aromatic nitrogens is 1. The lowest BCUT2D eigenvalue weighted by Crippen LogP contribution is -2.56. The van der Waals surface area contributed by atoms with E-state index in [0.29, 0.717) is 35.2 Å². The van der Waals surface area contributed by atoms with Gasteiger partial charge >= 0.3 is 5.97 Å². The number of anilines is 1. The molecule has 0 saturated carbocycles. The number of Topliss-reactive ketones (excluding diaryl/α,β-unsaturated/α-hetero) is 1. The van der Waals surface area contributed by atoms with Gasteiger partial charge in [-0.3, -0.25) is 24.0 Å². The highest BCUT2D eigenvalue weighted by Gasteiger charge is 2.34. The maximum Gasteiger partial charge on any atom is 0.321 e. The number of para-hydroxylation sites is 1. The number of aliphatic carboxylic acids is 1. The minimum atomic E-state index is -1.34. The number of rotatable bonds is 7. The summed E-state index contributed by atoms with van der Waals surface area (Å²) >= 11 is 0. The number of benzene rings is 2. The summed E-state index contributed by atoms with van der Waals surface area (Å²) in [6.45, 7) is 2.62. The second kappa shape index (κ2) is 10.6. The molecule has 37 heavy (non-hydrogen) atoms. The predicted molar refractivity (Wildman–Crippen MR) is 135 cm³/mol. The molecule has 1 aromatic heterocycles. The topological polar surface area (TPSA) is 166 Å². The Morgan fingerprint density at radius 1 is 1.08 bits per heavy atom. The molecular weight excluding hydrogens is 478 g/mol. The number of carbonyl (C=O) groups is 5. The van der Waals surface area contributed by atoms with Crippen molar-refractivity contribution in [1.29, 1.82) is 0 Å². The zero-order valence-corrected chi connectivity index (χ0v) is 20.1. The van der Waals surface area contributed by atoms with Crippen LogP contribution in [0.2, 0.25) is 0 Å². The summed E-state index contributed by atoms with van der Waals surface area (Å²) in [5.41, 5.74) is 6.88. The second-order valence-electron chi connectivity index (χ2n) is 8.92. The van der Waals surface area contributed by atoms with Crippen molar-refractivity contribution in [3.63, 3.8) is 0 Å². The molecule has 0 aliphatic carbocycles. The first-order chi connectivity index (χ1) is 17.7. The fourth-order valence-corrected chi connectivity index (χ4v) is 4.39. The van der Waals surface area contributed by atoms with Crippen LogP contribution in [-0.2, 0) is 14.4 Å². The van der Waals surface area contributed by atoms with Crippen LogP contribution in [0.4, 0.5) is 5.69 Å². The molecule has 1 fully saturated rings. The van der Waals surface area contributed by atoms with Gasteiger partial charge in [-0.15, -0.1) is 0 Å². The Balaban J connectivity index is 1.46. The molecular formula is C26H27N5O6. The summed E-state index contributed by atoms with van der Waals surface area (Å²) in [7, 11) is 0. The standard InChI is InChI=1S/C26H27N5O6/c1-15-14-30(24(34)16-6-3-2-4-7-16)10-11-31(15)25(35)23(33)18-13-28-22-17(18)8-5-9-20(22)29-21(32)12-19(27)26(36)37/h2-9,13,15,19,28H,10-12,14,27H2,1H3,(H,29,32)(H,36,37)/t15-,19?/m1/s1. The van der Waals surface area contributed by atoms with E-state index in [4.69, 9.17) is 10.8 Å². The molecule has 0 radical (unpaired) electrons. The molecule has 11 nitrogen and oxygen atoms in total. The van der Waals surface area contributed by atoms with Crippen LogP contribution in [0, 0.1) is 0 Å². The lowest BCUT2D eigenvalue weighted by atomic mass is 10.1. The van der Waals surface area contributed by atoms with E-state index in [1.165, 1.54) is 11.1 Å². The van der Waals surface area contributed by atoms with Gasteiger partial charge in [-0.2, -0.15) is 0 Å². The van der Waals surface area contributed by atoms with Crippen molar-refractivity contribution in [2.75, 3.05) is 25.0 Å². The first-order valence-corrected chi connectivity index (χ1v) is 11.7. The van der Waals surface area contributed by atoms with Crippen LogP contribution in [0.15, 0.2) is 54.7 Å². The summed E-state index contributed by atoms with van der Waals surface area (Å²) in [5.74, 6) is -3.40.